The number of furan rings is 1. The van der Waals surface area contributed by atoms with Crippen molar-refractivity contribution in [1.82, 2.24) is 19.5 Å². The molecule has 0 spiro atoms. The SMILES string of the molecule is CNS(=O)(=O)CCCSc1nnc(N2CC(C)CC(C)C2)n1Cc1ccco1. The third-order valence-electron chi connectivity index (χ3n) is 4.84. The fraction of sp³-hybridized carbons (Fsp3) is 0.667. The Morgan fingerprint density at radius 3 is 2.68 bits per heavy atom. The molecule has 0 radical (unpaired) electrons. The zero-order valence-electron chi connectivity index (χ0n) is 16.7. The van der Waals surface area contributed by atoms with Crippen LogP contribution < -0.4 is 9.62 Å². The molecular formula is C18H29N5O3S2. The van der Waals surface area contributed by atoms with Gasteiger partial charge in [0.15, 0.2) is 5.16 Å². The number of thioether (sulfide) groups is 1. The molecule has 3 heterocycles. The number of aromatic nitrogens is 3. The smallest absolute Gasteiger partial charge is 0.228 e. The van der Waals surface area contributed by atoms with Crippen LogP contribution >= 0.6 is 11.8 Å². The number of piperidine rings is 1. The van der Waals surface area contributed by atoms with Crippen LogP contribution in [0.25, 0.3) is 0 Å². The summed E-state index contributed by atoms with van der Waals surface area (Å²) in [5, 5.41) is 9.67. The fourth-order valence-electron chi connectivity index (χ4n) is 3.66. The maximum atomic E-state index is 11.6. The van der Waals surface area contributed by atoms with E-state index in [0.717, 1.165) is 30.0 Å². The van der Waals surface area contributed by atoms with Crippen LogP contribution in [0.1, 0.15) is 32.4 Å². The van der Waals surface area contributed by atoms with Gasteiger partial charge >= 0.3 is 0 Å². The maximum absolute atomic E-state index is 11.6. The number of anilines is 1. The fourth-order valence-corrected chi connectivity index (χ4v) is 5.44. The quantitative estimate of drug-likeness (QED) is 0.485. The molecule has 0 aromatic carbocycles. The predicted octanol–water partition coefficient (Wildman–Crippen LogP) is 2.43. The molecule has 1 saturated heterocycles. The molecule has 156 valence electrons. The van der Waals surface area contributed by atoms with Gasteiger partial charge in [-0.05, 0) is 43.9 Å². The Labute approximate surface area is 171 Å². The van der Waals surface area contributed by atoms with Gasteiger partial charge in [-0.2, -0.15) is 0 Å². The highest BCUT2D eigenvalue weighted by atomic mass is 32.2. The second kappa shape index (κ2) is 9.32. The molecule has 0 aliphatic carbocycles. The minimum Gasteiger partial charge on any atom is -0.467 e. The highest BCUT2D eigenvalue weighted by Crippen LogP contribution is 2.29. The van der Waals surface area contributed by atoms with Crippen molar-refractivity contribution >= 4 is 27.7 Å². The lowest BCUT2D eigenvalue weighted by Crippen LogP contribution is -2.40. The monoisotopic (exact) mass is 427 g/mol. The predicted molar refractivity (Wildman–Crippen MR) is 111 cm³/mol. The number of hydrogen-bond donors (Lipinski definition) is 1. The number of hydrogen-bond acceptors (Lipinski definition) is 7. The van der Waals surface area contributed by atoms with Crippen LogP contribution in [-0.4, -0.2) is 54.8 Å². The van der Waals surface area contributed by atoms with Gasteiger partial charge in [-0.25, -0.2) is 13.1 Å². The molecule has 3 rings (SSSR count). The van der Waals surface area contributed by atoms with Crippen molar-refractivity contribution in [2.75, 3.05) is 36.5 Å². The van der Waals surface area contributed by atoms with Gasteiger partial charge in [-0.3, -0.25) is 4.57 Å². The molecule has 2 atom stereocenters. The van der Waals surface area contributed by atoms with Crippen LogP contribution in [0.15, 0.2) is 28.0 Å². The molecule has 0 saturated carbocycles. The second-order valence-electron chi connectivity index (χ2n) is 7.52. The minimum absolute atomic E-state index is 0.108. The molecule has 10 heteroatoms. The zero-order valence-corrected chi connectivity index (χ0v) is 18.3. The first-order valence-electron chi connectivity index (χ1n) is 9.62. The van der Waals surface area contributed by atoms with Gasteiger partial charge in [0.25, 0.3) is 0 Å². The first-order chi connectivity index (χ1) is 13.4. The third-order valence-corrected chi connectivity index (χ3v) is 7.34. The van der Waals surface area contributed by atoms with Gasteiger partial charge in [-0.15, -0.1) is 10.2 Å². The lowest BCUT2D eigenvalue weighted by atomic mass is 9.92. The van der Waals surface area contributed by atoms with E-state index in [9.17, 15) is 8.42 Å². The third kappa shape index (κ3) is 5.51. The van der Waals surface area contributed by atoms with E-state index in [1.54, 1.807) is 6.26 Å². The van der Waals surface area contributed by atoms with E-state index in [-0.39, 0.29) is 5.75 Å². The summed E-state index contributed by atoms with van der Waals surface area (Å²) in [6.45, 7) is 7.03. The molecule has 2 aromatic heterocycles. The zero-order chi connectivity index (χ0) is 20.1. The topological polar surface area (TPSA) is 93.3 Å². The molecule has 0 amide bonds. The van der Waals surface area contributed by atoms with E-state index in [0.29, 0.717) is 30.6 Å². The molecule has 2 aromatic rings. The Bertz CT molecular complexity index is 841. The number of nitrogens with one attached hydrogen (secondary N) is 1. The van der Waals surface area contributed by atoms with E-state index < -0.39 is 10.0 Å². The Kier molecular flexibility index (Phi) is 7.05. The molecule has 1 aliphatic heterocycles. The van der Waals surface area contributed by atoms with E-state index in [1.165, 1.54) is 25.2 Å². The lowest BCUT2D eigenvalue weighted by molar-refractivity contribution is 0.350. The number of nitrogens with zero attached hydrogens (tertiary/aromatic N) is 4. The van der Waals surface area contributed by atoms with Gasteiger partial charge in [0, 0.05) is 18.8 Å². The van der Waals surface area contributed by atoms with Gasteiger partial charge in [0.2, 0.25) is 16.0 Å². The van der Waals surface area contributed by atoms with Crippen molar-refractivity contribution in [3.8, 4) is 0 Å². The van der Waals surface area contributed by atoms with Crippen molar-refractivity contribution in [3.05, 3.63) is 24.2 Å². The van der Waals surface area contributed by atoms with Crippen molar-refractivity contribution < 1.29 is 12.8 Å². The van der Waals surface area contributed by atoms with Crippen LogP contribution in [0.3, 0.4) is 0 Å². The van der Waals surface area contributed by atoms with Gasteiger partial charge in [0.1, 0.15) is 5.76 Å². The normalized spacial score (nSPS) is 20.6. The summed E-state index contributed by atoms with van der Waals surface area (Å²) in [5.41, 5.74) is 0. The summed E-state index contributed by atoms with van der Waals surface area (Å²) in [6.07, 6.45) is 3.44. The molecule has 2 unspecified atom stereocenters. The standard InChI is InChI=1S/C18H29N5O3S2/c1-14-10-15(2)12-22(11-14)17-20-21-18(23(17)13-16-6-4-7-26-16)27-8-5-9-28(24,25)19-3/h4,6-7,14-15,19H,5,8-13H2,1-3H3. The van der Waals surface area contributed by atoms with E-state index >= 15 is 0 Å². The second-order valence-corrected chi connectivity index (χ2v) is 10.6. The minimum atomic E-state index is -3.18. The van der Waals surface area contributed by atoms with Crippen LogP contribution in [0.5, 0.6) is 0 Å². The van der Waals surface area contributed by atoms with Crippen molar-refractivity contribution in [2.24, 2.45) is 11.8 Å². The molecule has 1 fully saturated rings. The van der Waals surface area contributed by atoms with Gasteiger partial charge in [0.05, 0.1) is 18.6 Å². The Morgan fingerprint density at radius 2 is 2.04 bits per heavy atom. The van der Waals surface area contributed by atoms with Crippen molar-refractivity contribution in [1.29, 1.82) is 0 Å². The van der Waals surface area contributed by atoms with Crippen LogP contribution in [0.2, 0.25) is 0 Å². The summed E-state index contributed by atoms with van der Waals surface area (Å²) in [7, 11) is -1.74. The first kappa shape index (κ1) is 21.2. The number of sulfonamides is 1. The maximum Gasteiger partial charge on any atom is 0.228 e. The molecule has 0 bridgehead atoms. The van der Waals surface area contributed by atoms with Crippen molar-refractivity contribution in [2.45, 2.75) is 38.4 Å². The lowest BCUT2D eigenvalue weighted by Gasteiger charge is -2.35. The van der Waals surface area contributed by atoms with Crippen LogP contribution in [0.4, 0.5) is 5.95 Å². The number of rotatable bonds is 9. The molecule has 8 nitrogen and oxygen atoms in total. The highest BCUT2D eigenvalue weighted by Gasteiger charge is 2.27. The van der Waals surface area contributed by atoms with E-state index in [1.807, 2.05) is 12.1 Å². The first-order valence-corrected chi connectivity index (χ1v) is 12.3. The Balaban J connectivity index is 1.75. The molecule has 1 N–H and O–H groups in total. The average Bonchev–Trinajstić information content (AvgIpc) is 3.29. The van der Waals surface area contributed by atoms with Gasteiger partial charge in [-0.1, -0.05) is 25.6 Å². The molecular weight excluding hydrogens is 398 g/mol. The summed E-state index contributed by atoms with van der Waals surface area (Å²) in [6, 6.07) is 3.82. The van der Waals surface area contributed by atoms with E-state index in [2.05, 4.69) is 38.2 Å². The molecule has 1 aliphatic rings. The van der Waals surface area contributed by atoms with Gasteiger partial charge < -0.3 is 9.32 Å². The highest BCUT2D eigenvalue weighted by molar-refractivity contribution is 7.99. The van der Waals surface area contributed by atoms with E-state index in [4.69, 9.17) is 4.42 Å². The summed E-state index contributed by atoms with van der Waals surface area (Å²) in [4.78, 5) is 2.31. The Hall–Kier alpha value is -1.52. The Morgan fingerprint density at radius 1 is 1.29 bits per heavy atom. The average molecular weight is 428 g/mol. The van der Waals surface area contributed by atoms with Crippen LogP contribution in [-0.2, 0) is 16.6 Å². The van der Waals surface area contributed by atoms with Crippen LogP contribution in [0, 0.1) is 11.8 Å². The summed E-state index contributed by atoms with van der Waals surface area (Å²) < 4.78 is 33.1. The molecule has 28 heavy (non-hydrogen) atoms. The summed E-state index contributed by atoms with van der Waals surface area (Å²) >= 11 is 1.54. The van der Waals surface area contributed by atoms with Crippen molar-refractivity contribution in [3.63, 3.8) is 0 Å². The summed E-state index contributed by atoms with van der Waals surface area (Å²) in [5.74, 6) is 3.69. The largest absolute Gasteiger partial charge is 0.467 e.